The number of phenolic OH excluding ortho intramolecular Hbond substituents is 1. The van der Waals surface area contributed by atoms with Crippen molar-refractivity contribution in [2.45, 2.75) is 12.5 Å². The first-order valence-corrected chi connectivity index (χ1v) is 5.35. The summed E-state index contributed by atoms with van der Waals surface area (Å²) >= 11 is 4.99. The zero-order chi connectivity index (χ0) is 11.7. The van der Waals surface area contributed by atoms with Crippen molar-refractivity contribution in [3.63, 3.8) is 0 Å². The number of thiocarbonyl (C=S) groups is 1. The maximum atomic E-state index is 11.7. The standard InChI is InChI=1S/C11H12N2O2S/c1-13-10(15)9(12-11(13)16)6-7-2-4-8(14)5-3-7/h2-5,9,14H,6H2,1H3,(H,12,16)/t9-/m1/s1. The van der Waals surface area contributed by atoms with Crippen LogP contribution in [0.2, 0.25) is 0 Å². The van der Waals surface area contributed by atoms with Crippen LogP contribution >= 0.6 is 12.2 Å². The summed E-state index contributed by atoms with van der Waals surface area (Å²) in [6.07, 6.45) is 0.573. The highest BCUT2D eigenvalue weighted by Crippen LogP contribution is 2.14. The predicted molar refractivity (Wildman–Crippen MR) is 64.1 cm³/mol. The molecule has 0 saturated carbocycles. The average Bonchev–Trinajstić information content (AvgIpc) is 2.50. The Morgan fingerprint density at radius 3 is 2.56 bits per heavy atom. The quantitative estimate of drug-likeness (QED) is 0.740. The number of aromatic hydroxyl groups is 1. The fraction of sp³-hybridized carbons (Fsp3) is 0.273. The van der Waals surface area contributed by atoms with Gasteiger partial charge in [-0.3, -0.25) is 9.69 Å². The van der Waals surface area contributed by atoms with Gasteiger partial charge in [-0.2, -0.15) is 0 Å². The van der Waals surface area contributed by atoms with Gasteiger partial charge in [0.15, 0.2) is 5.11 Å². The van der Waals surface area contributed by atoms with E-state index in [0.29, 0.717) is 11.5 Å². The van der Waals surface area contributed by atoms with Gasteiger partial charge >= 0.3 is 0 Å². The van der Waals surface area contributed by atoms with Crippen molar-refractivity contribution in [3.05, 3.63) is 29.8 Å². The Labute approximate surface area is 98.9 Å². The predicted octanol–water partition coefficient (Wildman–Crippen LogP) is 0.650. The largest absolute Gasteiger partial charge is 0.508 e. The first-order valence-electron chi connectivity index (χ1n) is 4.94. The highest BCUT2D eigenvalue weighted by Gasteiger charge is 2.32. The van der Waals surface area contributed by atoms with E-state index in [1.165, 1.54) is 4.90 Å². The average molecular weight is 236 g/mol. The Kier molecular flexibility index (Phi) is 2.78. The maximum Gasteiger partial charge on any atom is 0.251 e. The van der Waals surface area contributed by atoms with Crippen LogP contribution in [0.3, 0.4) is 0 Å². The van der Waals surface area contributed by atoms with Gasteiger partial charge in [0.1, 0.15) is 11.8 Å². The van der Waals surface area contributed by atoms with Crippen molar-refractivity contribution >= 4 is 23.2 Å². The van der Waals surface area contributed by atoms with E-state index in [4.69, 9.17) is 17.3 Å². The lowest BCUT2D eigenvalue weighted by atomic mass is 10.1. The molecule has 0 bridgehead atoms. The number of carbonyl (C=O) groups excluding carboxylic acids is 1. The third-order valence-electron chi connectivity index (χ3n) is 2.61. The molecule has 2 rings (SSSR count). The number of hydrogen-bond donors (Lipinski definition) is 2. The molecule has 1 aromatic carbocycles. The summed E-state index contributed by atoms with van der Waals surface area (Å²) in [6, 6.07) is 6.52. The minimum absolute atomic E-state index is 0.0157. The van der Waals surface area contributed by atoms with Gasteiger partial charge in [-0.1, -0.05) is 12.1 Å². The Morgan fingerprint density at radius 2 is 2.06 bits per heavy atom. The van der Waals surface area contributed by atoms with E-state index in [-0.39, 0.29) is 17.7 Å². The van der Waals surface area contributed by atoms with Crippen molar-refractivity contribution in [2.75, 3.05) is 7.05 Å². The van der Waals surface area contributed by atoms with Crippen molar-refractivity contribution < 1.29 is 9.90 Å². The molecule has 1 atom stereocenters. The zero-order valence-corrected chi connectivity index (χ0v) is 9.62. The number of nitrogens with one attached hydrogen (secondary N) is 1. The molecule has 1 aromatic rings. The van der Waals surface area contributed by atoms with Gasteiger partial charge in [-0.05, 0) is 29.9 Å². The number of nitrogens with zero attached hydrogens (tertiary/aromatic N) is 1. The Bertz CT molecular complexity index is 430. The molecular weight excluding hydrogens is 224 g/mol. The molecule has 0 aliphatic carbocycles. The third-order valence-corrected chi connectivity index (χ3v) is 3.00. The fourth-order valence-corrected chi connectivity index (χ4v) is 1.88. The van der Waals surface area contributed by atoms with Crippen LogP contribution in [-0.4, -0.2) is 34.1 Å². The van der Waals surface area contributed by atoms with E-state index in [1.807, 2.05) is 0 Å². The minimum atomic E-state index is -0.290. The number of phenols is 1. The topological polar surface area (TPSA) is 52.6 Å². The van der Waals surface area contributed by atoms with Crippen LogP contribution in [0.5, 0.6) is 5.75 Å². The Morgan fingerprint density at radius 1 is 1.44 bits per heavy atom. The molecule has 4 nitrogen and oxygen atoms in total. The lowest BCUT2D eigenvalue weighted by Crippen LogP contribution is -2.31. The molecule has 5 heteroatoms. The molecule has 1 amide bonds. The maximum absolute atomic E-state index is 11.7. The van der Waals surface area contributed by atoms with E-state index < -0.39 is 0 Å². The first-order chi connectivity index (χ1) is 7.58. The van der Waals surface area contributed by atoms with E-state index in [1.54, 1.807) is 31.3 Å². The molecule has 1 aliphatic rings. The van der Waals surface area contributed by atoms with Gasteiger partial charge in [-0.25, -0.2) is 0 Å². The van der Waals surface area contributed by atoms with Crippen LogP contribution < -0.4 is 5.32 Å². The van der Waals surface area contributed by atoms with E-state index in [9.17, 15) is 4.79 Å². The highest BCUT2D eigenvalue weighted by molar-refractivity contribution is 7.80. The molecule has 1 heterocycles. The van der Waals surface area contributed by atoms with Crippen LogP contribution in [-0.2, 0) is 11.2 Å². The van der Waals surface area contributed by atoms with Crippen molar-refractivity contribution in [2.24, 2.45) is 0 Å². The van der Waals surface area contributed by atoms with Gasteiger partial charge in [0.2, 0.25) is 0 Å². The van der Waals surface area contributed by atoms with Crippen LogP contribution in [0, 0.1) is 0 Å². The van der Waals surface area contributed by atoms with Crippen molar-refractivity contribution in [1.29, 1.82) is 0 Å². The van der Waals surface area contributed by atoms with E-state index in [2.05, 4.69) is 5.32 Å². The molecule has 1 fully saturated rings. The summed E-state index contributed by atoms with van der Waals surface area (Å²) < 4.78 is 0. The van der Waals surface area contributed by atoms with Crippen LogP contribution in [0.1, 0.15) is 5.56 Å². The zero-order valence-electron chi connectivity index (χ0n) is 8.80. The summed E-state index contributed by atoms with van der Waals surface area (Å²) in [7, 11) is 1.66. The Hall–Kier alpha value is -1.62. The second kappa shape index (κ2) is 4.09. The molecule has 1 saturated heterocycles. The molecule has 0 radical (unpaired) electrons. The monoisotopic (exact) mass is 236 g/mol. The third kappa shape index (κ3) is 1.99. The Balaban J connectivity index is 2.09. The number of amides is 1. The smallest absolute Gasteiger partial charge is 0.251 e. The number of rotatable bonds is 2. The first kappa shape index (κ1) is 10.9. The van der Waals surface area contributed by atoms with Gasteiger partial charge in [0.05, 0.1) is 0 Å². The SMILES string of the molecule is CN1C(=O)[C@@H](Cc2ccc(O)cc2)NC1=S. The summed E-state index contributed by atoms with van der Waals surface area (Å²) in [5.41, 5.74) is 0.988. The molecule has 1 aliphatic heterocycles. The normalized spacial score (nSPS) is 20.1. The number of benzene rings is 1. The lowest BCUT2D eigenvalue weighted by Gasteiger charge is -2.08. The van der Waals surface area contributed by atoms with Crippen molar-refractivity contribution in [1.82, 2.24) is 10.2 Å². The second-order valence-corrected chi connectivity index (χ2v) is 4.16. The summed E-state index contributed by atoms with van der Waals surface area (Å²) in [6.45, 7) is 0. The molecule has 2 N–H and O–H groups in total. The molecule has 84 valence electrons. The second-order valence-electron chi connectivity index (χ2n) is 3.77. The molecule has 0 aromatic heterocycles. The summed E-state index contributed by atoms with van der Waals surface area (Å²) in [5, 5.41) is 12.6. The lowest BCUT2D eigenvalue weighted by molar-refractivity contribution is -0.126. The van der Waals surface area contributed by atoms with Crippen LogP contribution in [0.15, 0.2) is 24.3 Å². The minimum Gasteiger partial charge on any atom is -0.508 e. The fourth-order valence-electron chi connectivity index (χ4n) is 1.65. The number of hydrogen-bond acceptors (Lipinski definition) is 3. The molecular formula is C11H12N2O2S. The van der Waals surface area contributed by atoms with Gasteiger partial charge < -0.3 is 10.4 Å². The molecule has 16 heavy (non-hydrogen) atoms. The van der Waals surface area contributed by atoms with Gasteiger partial charge in [-0.15, -0.1) is 0 Å². The number of carbonyl (C=O) groups is 1. The summed E-state index contributed by atoms with van der Waals surface area (Å²) in [4.78, 5) is 13.2. The molecule has 0 unspecified atom stereocenters. The summed E-state index contributed by atoms with van der Waals surface area (Å²) in [5.74, 6) is 0.208. The van der Waals surface area contributed by atoms with E-state index in [0.717, 1.165) is 5.56 Å². The van der Waals surface area contributed by atoms with Crippen molar-refractivity contribution in [3.8, 4) is 5.75 Å². The van der Waals surface area contributed by atoms with Gasteiger partial charge in [0, 0.05) is 13.5 Å². The van der Waals surface area contributed by atoms with Crippen LogP contribution in [0.4, 0.5) is 0 Å². The van der Waals surface area contributed by atoms with Gasteiger partial charge in [0.25, 0.3) is 5.91 Å². The van der Waals surface area contributed by atoms with E-state index >= 15 is 0 Å². The number of likely N-dealkylation sites (N-methyl/N-ethyl adjacent to an activating group) is 1. The van der Waals surface area contributed by atoms with Crippen LogP contribution in [0.25, 0.3) is 0 Å². The highest BCUT2D eigenvalue weighted by atomic mass is 32.1. The molecule has 0 spiro atoms.